The Morgan fingerprint density at radius 3 is 2.33 bits per heavy atom. The molecule has 0 saturated carbocycles. The summed E-state index contributed by atoms with van der Waals surface area (Å²) in [7, 11) is 0. The number of amides is 1. The molecule has 0 aromatic heterocycles. The predicted molar refractivity (Wildman–Crippen MR) is 47.4 cm³/mol. The van der Waals surface area contributed by atoms with E-state index in [9.17, 15) is 9.90 Å². The smallest absolute Gasteiger partial charge is 0.305 e. The fourth-order valence-electron chi connectivity index (χ4n) is 1.05. The molecule has 3 nitrogen and oxygen atoms in total. The van der Waals surface area contributed by atoms with Crippen LogP contribution in [0, 0.1) is 5.92 Å². The van der Waals surface area contributed by atoms with Crippen LogP contribution >= 0.6 is 0 Å². The molecule has 0 heterocycles. The molecule has 0 spiro atoms. The highest BCUT2D eigenvalue weighted by Crippen LogP contribution is 2.01. The van der Waals surface area contributed by atoms with Crippen molar-refractivity contribution in [2.45, 2.75) is 33.6 Å². The van der Waals surface area contributed by atoms with Gasteiger partial charge in [-0.3, -0.25) is 0 Å². The third kappa shape index (κ3) is 4.99. The molecule has 0 atom stereocenters. The molecule has 1 radical (unpaired) electrons. The molecule has 0 rings (SSSR count). The molecule has 0 aromatic carbocycles. The third-order valence-corrected chi connectivity index (χ3v) is 1.63. The van der Waals surface area contributed by atoms with Gasteiger partial charge in [0.05, 0.1) is 0 Å². The van der Waals surface area contributed by atoms with Crippen LogP contribution in [0.1, 0.15) is 33.6 Å². The number of rotatable bonds is 5. The van der Waals surface area contributed by atoms with Gasteiger partial charge in [-0.25, -0.2) is 9.90 Å². The summed E-state index contributed by atoms with van der Waals surface area (Å²) in [5, 5.41) is 10.6. The number of carbonyl (C=O) groups is 1. The summed E-state index contributed by atoms with van der Waals surface area (Å²) >= 11 is 0. The number of unbranched alkanes of at least 4 members (excludes halogenated alkanes) is 1. The van der Waals surface area contributed by atoms with Gasteiger partial charge >= 0.3 is 6.09 Å². The third-order valence-electron chi connectivity index (χ3n) is 1.63. The molecular weight excluding hydrogens is 154 g/mol. The fraction of sp³-hybridized carbons (Fsp3) is 0.889. The number of carbonyl (C=O) groups excluding carboxylic acids is 1. The van der Waals surface area contributed by atoms with Gasteiger partial charge in [0.2, 0.25) is 0 Å². The maximum Gasteiger partial charge on any atom is 0.453 e. The van der Waals surface area contributed by atoms with Crippen LogP contribution in [0.4, 0.5) is 4.79 Å². The molecule has 0 aliphatic rings. The molecular formula is C9H18NO2. The second-order valence-corrected chi connectivity index (χ2v) is 3.46. The Balaban J connectivity index is 3.78. The first-order chi connectivity index (χ1) is 5.57. The van der Waals surface area contributed by atoms with Crippen LogP contribution in [-0.2, 0) is 5.11 Å². The topological polar surface area (TPSA) is 40.2 Å². The van der Waals surface area contributed by atoms with E-state index in [0.29, 0.717) is 19.0 Å². The maximum absolute atomic E-state index is 10.6. The highest BCUT2D eigenvalue weighted by Gasteiger charge is 2.13. The molecule has 0 bridgehead atoms. The Kier molecular flexibility index (Phi) is 5.51. The van der Waals surface area contributed by atoms with E-state index in [1.54, 1.807) is 0 Å². The summed E-state index contributed by atoms with van der Waals surface area (Å²) in [4.78, 5) is 11.9. The van der Waals surface area contributed by atoms with Gasteiger partial charge in [0.25, 0.3) is 0 Å². The number of hydrogen-bond donors (Lipinski definition) is 0. The molecule has 71 valence electrons. The molecule has 0 aliphatic carbocycles. The van der Waals surface area contributed by atoms with Crippen LogP contribution in [0.2, 0.25) is 0 Å². The van der Waals surface area contributed by atoms with Crippen molar-refractivity contribution >= 4 is 6.09 Å². The average molecular weight is 172 g/mol. The lowest BCUT2D eigenvalue weighted by Gasteiger charge is -2.19. The zero-order chi connectivity index (χ0) is 9.56. The van der Waals surface area contributed by atoms with Crippen LogP contribution in [-0.4, -0.2) is 24.1 Å². The SMILES string of the molecule is CCCCN(CC(C)C)C([O])=O. The van der Waals surface area contributed by atoms with Gasteiger partial charge in [-0.15, -0.1) is 0 Å². The standard InChI is InChI=1S/C9H18NO2/c1-4-5-6-10(9(11)12)7-8(2)3/h8H,4-7H2,1-3H3. The molecule has 1 amide bonds. The molecule has 3 heteroatoms. The van der Waals surface area contributed by atoms with Crippen LogP contribution < -0.4 is 0 Å². The molecule has 12 heavy (non-hydrogen) atoms. The van der Waals surface area contributed by atoms with E-state index in [0.717, 1.165) is 12.8 Å². The largest absolute Gasteiger partial charge is 0.453 e. The lowest BCUT2D eigenvalue weighted by atomic mass is 10.2. The monoisotopic (exact) mass is 172 g/mol. The molecule has 0 aliphatic heterocycles. The Morgan fingerprint density at radius 1 is 1.42 bits per heavy atom. The molecule has 0 unspecified atom stereocenters. The van der Waals surface area contributed by atoms with Crippen molar-refractivity contribution in [2.24, 2.45) is 5.92 Å². The van der Waals surface area contributed by atoms with E-state index in [1.807, 2.05) is 20.8 Å². The van der Waals surface area contributed by atoms with E-state index >= 15 is 0 Å². The van der Waals surface area contributed by atoms with Gasteiger partial charge in [0.1, 0.15) is 0 Å². The Hall–Kier alpha value is -0.730. The average Bonchev–Trinajstić information content (AvgIpc) is 1.96. The van der Waals surface area contributed by atoms with Gasteiger partial charge < -0.3 is 4.90 Å². The quantitative estimate of drug-likeness (QED) is 0.627. The lowest BCUT2D eigenvalue weighted by molar-refractivity contribution is 0.114. The first kappa shape index (κ1) is 11.3. The first-order valence-electron chi connectivity index (χ1n) is 4.53. The van der Waals surface area contributed by atoms with Crippen molar-refractivity contribution in [1.29, 1.82) is 0 Å². The van der Waals surface area contributed by atoms with Gasteiger partial charge in [-0.1, -0.05) is 27.2 Å². The molecule has 0 fully saturated rings. The Morgan fingerprint density at radius 2 is 2.00 bits per heavy atom. The van der Waals surface area contributed by atoms with Crippen LogP contribution in [0.3, 0.4) is 0 Å². The minimum absolute atomic E-state index is 0.375. The summed E-state index contributed by atoms with van der Waals surface area (Å²) in [6.45, 7) is 7.24. The van der Waals surface area contributed by atoms with Crippen LogP contribution in [0.15, 0.2) is 0 Å². The highest BCUT2D eigenvalue weighted by atomic mass is 16.4. The predicted octanol–water partition coefficient (Wildman–Crippen LogP) is 2.29. The minimum atomic E-state index is -1.04. The van der Waals surface area contributed by atoms with E-state index < -0.39 is 6.09 Å². The Labute approximate surface area is 74.4 Å². The molecule has 0 aromatic rings. The molecule has 0 saturated heterocycles. The fourth-order valence-corrected chi connectivity index (χ4v) is 1.05. The lowest BCUT2D eigenvalue weighted by Crippen LogP contribution is -2.32. The second kappa shape index (κ2) is 5.86. The Bertz CT molecular complexity index is 134. The van der Waals surface area contributed by atoms with Crippen molar-refractivity contribution in [3.63, 3.8) is 0 Å². The van der Waals surface area contributed by atoms with Crippen molar-refractivity contribution in [1.82, 2.24) is 4.90 Å². The first-order valence-corrected chi connectivity index (χ1v) is 4.53. The maximum atomic E-state index is 10.6. The van der Waals surface area contributed by atoms with Gasteiger partial charge in [-0.05, 0) is 12.3 Å². The van der Waals surface area contributed by atoms with Gasteiger partial charge in [-0.2, -0.15) is 0 Å². The van der Waals surface area contributed by atoms with Crippen molar-refractivity contribution in [2.75, 3.05) is 13.1 Å². The second-order valence-electron chi connectivity index (χ2n) is 3.46. The van der Waals surface area contributed by atoms with E-state index in [-0.39, 0.29) is 0 Å². The van der Waals surface area contributed by atoms with E-state index in [1.165, 1.54) is 4.90 Å². The van der Waals surface area contributed by atoms with Crippen molar-refractivity contribution in [3.8, 4) is 0 Å². The summed E-state index contributed by atoms with van der Waals surface area (Å²) in [6, 6.07) is 0. The van der Waals surface area contributed by atoms with Gasteiger partial charge in [0.15, 0.2) is 0 Å². The van der Waals surface area contributed by atoms with Gasteiger partial charge in [0, 0.05) is 13.1 Å². The van der Waals surface area contributed by atoms with E-state index in [4.69, 9.17) is 0 Å². The summed E-state index contributed by atoms with van der Waals surface area (Å²) < 4.78 is 0. The summed E-state index contributed by atoms with van der Waals surface area (Å²) in [5.74, 6) is 0.375. The van der Waals surface area contributed by atoms with E-state index in [2.05, 4.69) is 0 Å². The number of nitrogens with zero attached hydrogens (tertiary/aromatic N) is 1. The van der Waals surface area contributed by atoms with Crippen LogP contribution in [0.25, 0.3) is 0 Å². The molecule has 0 N–H and O–H groups in total. The highest BCUT2D eigenvalue weighted by molar-refractivity contribution is 5.64. The normalized spacial score (nSPS) is 10.3. The number of hydrogen-bond acceptors (Lipinski definition) is 1. The zero-order valence-corrected chi connectivity index (χ0v) is 8.17. The van der Waals surface area contributed by atoms with Crippen LogP contribution in [0.5, 0.6) is 0 Å². The zero-order valence-electron chi connectivity index (χ0n) is 8.17. The minimum Gasteiger partial charge on any atom is -0.305 e. The van der Waals surface area contributed by atoms with Crippen molar-refractivity contribution < 1.29 is 9.90 Å². The summed E-state index contributed by atoms with van der Waals surface area (Å²) in [6.07, 6.45) is 0.889. The summed E-state index contributed by atoms with van der Waals surface area (Å²) in [5.41, 5.74) is 0. The van der Waals surface area contributed by atoms with Crippen molar-refractivity contribution in [3.05, 3.63) is 0 Å².